The number of benzene rings is 2. The summed E-state index contributed by atoms with van der Waals surface area (Å²) in [6.45, 7) is 0.868. The lowest BCUT2D eigenvalue weighted by molar-refractivity contribution is 0.0743. The first-order valence-corrected chi connectivity index (χ1v) is 7.34. The predicted octanol–water partition coefficient (Wildman–Crippen LogP) is 3.57. The second-order valence-corrected chi connectivity index (χ2v) is 5.64. The first-order valence-electron chi connectivity index (χ1n) is 7.34. The Balaban J connectivity index is 1.94. The van der Waals surface area contributed by atoms with Gasteiger partial charge in [-0.15, -0.1) is 0 Å². The minimum atomic E-state index is 0.121. The van der Waals surface area contributed by atoms with E-state index in [1.165, 1.54) is 16.7 Å². The average Bonchev–Trinajstić information content (AvgIpc) is 2.74. The van der Waals surface area contributed by atoms with Crippen LogP contribution in [0, 0.1) is 0 Å². The normalized spacial score (nSPS) is 20.7. The molecule has 100 valence electrons. The van der Waals surface area contributed by atoms with Gasteiger partial charge in [0.1, 0.15) is 0 Å². The minimum Gasteiger partial charge on any atom is -0.327 e. The van der Waals surface area contributed by atoms with Crippen molar-refractivity contribution in [2.45, 2.75) is 25.3 Å². The average molecular weight is 263 g/mol. The highest BCUT2D eigenvalue weighted by molar-refractivity contribution is 5.99. The third kappa shape index (κ3) is 1.61. The summed E-state index contributed by atoms with van der Waals surface area (Å²) in [5, 5.41) is 0. The van der Waals surface area contributed by atoms with Gasteiger partial charge in [-0.05, 0) is 42.0 Å². The van der Waals surface area contributed by atoms with Gasteiger partial charge in [0.15, 0.2) is 0 Å². The largest absolute Gasteiger partial charge is 0.327 e. The number of rotatable bonds is 0. The molecule has 2 aliphatic rings. The highest BCUT2D eigenvalue weighted by Crippen LogP contribution is 2.40. The molecule has 1 unspecified atom stereocenters. The summed E-state index contributed by atoms with van der Waals surface area (Å²) in [4.78, 5) is 14.7. The summed E-state index contributed by atoms with van der Waals surface area (Å²) >= 11 is 0. The lowest BCUT2D eigenvalue weighted by Crippen LogP contribution is -2.31. The van der Waals surface area contributed by atoms with Crippen molar-refractivity contribution in [3.8, 4) is 0 Å². The van der Waals surface area contributed by atoms with Gasteiger partial charge in [0, 0.05) is 12.1 Å². The number of amides is 1. The summed E-state index contributed by atoms with van der Waals surface area (Å²) in [5.41, 5.74) is 4.76. The molecule has 4 rings (SSSR count). The lowest BCUT2D eigenvalue weighted by Gasteiger charge is -2.29. The molecule has 0 bridgehead atoms. The van der Waals surface area contributed by atoms with Crippen LogP contribution in [-0.2, 0) is 6.42 Å². The van der Waals surface area contributed by atoms with E-state index in [0.717, 1.165) is 31.4 Å². The molecule has 0 fully saturated rings. The summed E-state index contributed by atoms with van der Waals surface area (Å²) in [6.07, 6.45) is 3.37. The molecule has 0 saturated carbocycles. The molecule has 0 N–H and O–H groups in total. The number of hydrogen-bond donors (Lipinski definition) is 0. The van der Waals surface area contributed by atoms with Crippen molar-refractivity contribution in [1.82, 2.24) is 4.90 Å². The van der Waals surface area contributed by atoms with E-state index in [2.05, 4.69) is 35.2 Å². The van der Waals surface area contributed by atoms with Crippen molar-refractivity contribution in [2.24, 2.45) is 0 Å². The Morgan fingerprint density at radius 1 is 0.900 bits per heavy atom. The van der Waals surface area contributed by atoms with E-state index in [4.69, 9.17) is 0 Å². The zero-order valence-electron chi connectivity index (χ0n) is 11.4. The molecule has 0 aliphatic carbocycles. The fraction of sp³-hybridized carbons (Fsp3) is 0.278. The Bertz CT molecular complexity index is 677. The Morgan fingerprint density at radius 2 is 1.65 bits per heavy atom. The van der Waals surface area contributed by atoms with Crippen LogP contribution in [0.25, 0.3) is 0 Å². The molecule has 1 atom stereocenters. The number of fused-ring (bicyclic) bond motifs is 5. The van der Waals surface area contributed by atoms with Crippen molar-refractivity contribution >= 4 is 5.91 Å². The van der Waals surface area contributed by atoms with Gasteiger partial charge in [0.05, 0.1) is 6.04 Å². The maximum Gasteiger partial charge on any atom is 0.255 e. The molecule has 2 heterocycles. The summed E-state index contributed by atoms with van der Waals surface area (Å²) in [7, 11) is 0. The summed E-state index contributed by atoms with van der Waals surface area (Å²) in [5.74, 6) is 0.197. The van der Waals surface area contributed by atoms with E-state index >= 15 is 0 Å². The molecule has 0 spiro atoms. The molecule has 20 heavy (non-hydrogen) atoms. The number of nitrogens with zero attached hydrogens (tertiary/aromatic N) is 1. The molecule has 2 aromatic carbocycles. The molecule has 2 aliphatic heterocycles. The smallest absolute Gasteiger partial charge is 0.255 e. The van der Waals surface area contributed by atoms with E-state index in [0.29, 0.717) is 0 Å². The maximum atomic E-state index is 12.6. The highest BCUT2D eigenvalue weighted by Gasteiger charge is 2.38. The fourth-order valence-electron chi connectivity index (χ4n) is 3.56. The second kappa shape index (κ2) is 4.48. The highest BCUT2D eigenvalue weighted by atomic mass is 16.2. The van der Waals surface area contributed by atoms with Crippen molar-refractivity contribution in [3.63, 3.8) is 0 Å². The van der Waals surface area contributed by atoms with Crippen LogP contribution in [0.4, 0.5) is 0 Å². The van der Waals surface area contributed by atoms with Crippen molar-refractivity contribution in [2.75, 3.05) is 6.54 Å². The molecular weight excluding hydrogens is 246 g/mol. The van der Waals surface area contributed by atoms with Crippen molar-refractivity contribution in [1.29, 1.82) is 0 Å². The molecule has 0 aromatic heterocycles. The Labute approximate surface area is 119 Å². The van der Waals surface area contributed by atoms with Crippen LogP contribution in [0.5, 0.6) is 0 Å². The molecular formula is C18H17NO. The quantitative estimate of drug-likeness (QED) is 0.711. The van der Waals surface area contributed by atoms with E-state index in [-0.39, 0.29) is 11.9 Å². The van der Waals surface area contributed by atoms with Gasteiger partial charge >= 0.3 is 0 Å². The van der Waals surface area contributed by atoms with Gasteiger partial charge in [0.25, 0.3) is 5.91 Å². The fourth-order valence-corrected chi connectivity index (χ4v) is 3.56. The number of aryl methyl sites for hydroxylation is 1. The Kier molecular flexibility index (Phi) is 2.62. The van der Waals surface area contributed by atoms with Gasteiger partial charge in [-0.1, -0.05) is 42.5 Å². The van der Waals surface area contributed by atoms with Crippen molar-refractivity contribution in [3.05, 3.63) is 70.8 Å². The number of carbonyl (C=O) groups is 1. The maximum absolute atomic E-state index is 12.6. The van der Waals surface area contributed by atoms with E-state index in [1.54, 1.807) is 0 Å². The van der Waals surface area contributed by atoms with Crippen molar-refractivity contribution < 1.29 is 4.79 Å². The van der Waals surface area contributed by atoms with E-state index < -0.39 is 0 Å². The SMILES string of the molecule is O=C1c2ccccc2C2c3ccccc3CCCCN12. The monoisotopic (exact) mass is 263 g/mol. The van der Waals surface area contributed by atoms with E-state index in [1.807, 2.05) is 18.2 Å². The van der Waals surface area contributed by atoms with Crippen LogP contribution >= 0.6 is 0 Å². The Hall–Kier alpha value is -2.09. The zero-order valence-corrected chi connectivity index (χ0v) is 11.4. The molecule has 0 radical (unpaired) electrons. The molecule has 2 nitrogen and oxygen atoms in total. The van der Waals surface area contributed by atoms with Gasteiger partial charge in [-0.3, -0.25) is 4.79 Å². The molecule has 2 aromatic rings. The molecule has 2 heteroatoms. The standard InChI is InChI=1S/C18H17NO/c20-18-16-11-4-3-10-15(16)17-14-9-2-1-7-13(14)8-5-6-12-19(17)18/h1-4,7,9-11,17H,5-6,8,12H2. The lowest BCUT2D eigenvalue weighted by atomic mass is 9.90. The summed E-state index contributed by atoms with van der Waals surface area (Å²) in [6, 6.07) is 16.8. The first-order chi connectivity index (χ1) is 9.86. The minimum absolute atomic E-state index is 0.121. The molecule has 0 saturated heterocycles. The van der Waals surface area contributed by atoms with Gasteiger partial charge in [-0.25, -0.2) is 0 Å². The topological polar surface area (TPSA) is 20.3 Å². The van der Waals surface area contributed by atoms with Crippen LogP contribution in [0.15, 0.2) is 48.5 Å². The van der Waals surface area contributed by atoms with Crippen LogP contribution in [0.1, 0.15) is 45.9 Å². The number of carbonyl (C=O) groups excluding carboxylic acids is 1. The first kappa shape index (κ1) is 11.7. The van der Waals surface area contributed by atoms with Crippen LogP contribution in [0.2, 0.25) is 0 Å². The zero-order chi connectivity index (χ0) is 13.5. The van der Waals surface area contributed by atoms with Gasteiger partial charge < -0.3 is 4.90 Å². The second-order valence-electron chi connectivity index (χ2n) is 5.64. The van der Waals surface area contributed by atoms with Gasteiger partial charge in [0.2, 0.25) is 0 Å². The molecule has 1 amide bonds. The van der Waals surface area contributed by atoms with E-state index in [9.17, 15) is 4.79 Å². The Morgan fingerprint density at radius 3 is 2.55 bits per heavy atom. The summed E-state index contributed by atoms with van der Waals surface area (Å²) < 4.78 is 0. The third-order valence-corrected chi connectivity index (χ3v) is 4.50. The predicted molar refractivity (Wildman–Crippen MR) is 78.7 cm³/mol. The number of hydrogen-bond acceptors (Lipinski definition) is 1. The third-order valence-electron chi connectivity index (χ3n) is 4.50. The van der Waals surface area contributed by atoms with Gasteiger partial charge in [-0.2, -0.15) is 0 Å². The van der Waals surface area contributed by atoms with Crippen LogP contribution < -0.4 is 0 Å². The van der Waals surface area contributed by atoms with Crippen LogP contribution in [-0.4, -0.2) is 17.4 Å². The van der Waals surface area contributed by atoms with Crippen LogP contribution in [0.3, 0.4) is 0 Å².